The number of nitrogens with zero attached hydrogens (tertiary/aromatic N) is 1. The van der Waals surface area contributed by atoms with E-state index in [0.29, 0.717) is 24.4 Å². The molecule has 0 aliphatic carbocycles. The summed E-state index contributed by atoms with van der Waals surface area (Å²) in [4.78, 5) is 28.9. The SMILES string of the molecule is COc1ccc2[nH]cc(C(=O)N3C[C@@H](CC(N)=O)[C@@H](OC)C3)c2c1. The zero-order valence-electron chi connectivity index (χ0n) is 13.7. The van der Waals surface area contributed by atoms with Crippen LogP contribution in [0.3, 0.4) is 0 Å². The maximum absolute atomic E-state index is 12.9. The van der Waals surface area contributed by atoms with E-state index in [1.165, 1.54) is 0 Å². The van der Waals surface area contributed by atoms with Crippen LogP contribution >= 0.6 is 0 Å². The number of carbonyl (C=O) groups excluding carboxylic acids is 2. The Hall–Kier alpha value is -2.54. The van der Waals surface area contributed by atoms with Crippen LogP contribution in [0.15, 0.2) is 24.4 Å². The Labute approximate surface area is 139 Å². The Bertz CT molecular complexity index is 770. The summed E-state index contributed by atoms with van der Waals surface area (Å²) < 4.78 is 10.7. The standard InChI is InChI=1S/C17H21N3O4/c1-23-11-3-4-14-12(6-11)13(7-19-14)17(22)20-8-10(5-16(18)21)15(9-20)24-2/h3-4,6-7,10,15,19H,5,8-9H2,1-2H3,(H2,18,21)/t10-,15+/m1/s1. The molecule has 2 atom stereocenters. The van der Waals surface area contributed by atoms with E-state index in [0.717, 1.165) is 10.9 Å². The molecule has 0 spiro atoms. The number of amides is 2. The summed E-state index contributed by atoms with van der Waals surface area (Å²) in [5.41, 5.74) is 6.75. The predicted molar refractivity (Wildman–Crippen MR) is 88.9 cm³/mol. The number of methoxy groups -OCH3 is 2. The number of aromatic nitrogens is 1. The van der Waals surface area contributed by atoms with Gasteiger partial charge in [-0.05, 0) is 18.2 Å². The van der Waals surface area contributed by atoms with Crippen molar-refractivity contribution in [2.75, 3.05) is 27.3 Å². The minimum Gasteiger partial charge on any atom is -0.497 e. The van der Waals surface area contributed by atoms with Gasteiger partial charge in [0.05, 0.1) is 18.8 Å². The molecule has 3 rings (SSSR count). The Morgan fingerprint density at radius 3 is 2.79 bits per heavy atom. The van der Waals surface area contributed by atoms with Crippen molar-refractivity contribution in [3.8, 4) is 5.75 Å². The van der Waals surface area contributed by atoms with E-state index in [1.54, 1.807) is 25.3 Å². The highest BCUT2D eigenvalue weighted by atomic mass is 16.5. The summed E-state index contributed by atoms with van der Waals surface area (Å²) in [5, 5.41) is 0.812. The minimum absolute atomic E-state index is 0.0730. The molecule has 0 radical (unpaired) electrons. The number of carbonyl (C=O) groups is 2. The average molecular weight is 331 g/mol. The average Bonchev–Trinajstić information content (AvgIpc) is 3.16. The third-order valence-corrected chi connectivity index (χ3v) is 4.55. The molecule has 1 aromatic heterocycles. The molecule has 2 heterocycles. The van der Waals surface area contributed by atoms with Crippen molar-refractivity contribution >= 4 is 22.7 Å². The van der Waals surface area contributed by atoms with Crippen LogP contribution in [0, 0.1) is 5.92 Å². The van der Waals surface area contributed by atoms with Crippen LogP contribution in [0.1, 0.15) is 16.8 Å². The van der Waals surface area contributed by atoms with Gasteiger partial charge in [0.1, 0.15) is 5.75 Å². The van der Waals surface area contributed by atoms with Crippen molar-refractivity contribution in [2.24, 2.45) is 11.7 Å². The Balaban J connectivity index is 1.85. The van der Waals surface area contributed by atoms with Crippen molar-refractivity contribution in [3.63, 3.8) is 0 Å². The number of nitrogens with two attached hydrogens (primary N) is 1. The van der Waals surface area contributed by atoms with Gasteiger partial charge in [0.15, 0.2) is 0 Å². The van der Waals surface area contributed by atoms with Gasteiger partial charge in [-0.2, -0.15) is 0 Å². The van der Waals surface area contributed by atoms with E-state index in [9.17, 15) is 9.59 Å². The van der Waals surface area contributed by atoms with Crippen LogP contribution in [-0.4, -0.2) is 55.1 Å². The van der Waals surface area contributed by atoms with Gasteiger partial charge in [0.2, 0.25) is 5.91 Å². The van der Waals surface area contributed by atoms with Crippen LogP contribution < -0.4 is 10.5 Å². The number of aromatic amines is 1. The lowest BCUT2D eigenvalue weighted by atomic mass is 10.0. The van der Waals surface area contributed by atoms with Gasteiger partial charge in [-0.1, -0.05) is 0 Å². The molecular formula is C17H21N3O4. The molecular weight excluding hydrogens is 310 g/mol. The van der Waals surface area contributed by atoms with Gasteiger partial charge in [-0.15, -0.1) is 0 Å². The number of hydrogen-bond donors (Lipinski definition) is 2. The van der Waals surface area contributed by atoms with Crippen LogP contribution in [0.25, 0.3) is 10.9 Å². The van der Waals surface area contributed by atoms with Crippen molar-refractivity contribution in [1.82, 2.24) is 9.88 Å². The smallest absolute Gasteiger partial charge is 0.256 e. The van der Waals surface area contributed by atoms with Crippen molar-refractivity contribution in [2.45, 2.75) is 12.5 Å². The van der Waals surface area contributed by atoms with Crippen LogP contribution in [0.5, 0.6) is 5.75 Å². The second-order valence-corrected chi connectivity index (χ2v) is 6.03. The fourth-order valence-corrected chi connectivity index (χ4v) is 3.30. The van der Waals surface area contributed by atoms with E-state index >= 15 is 0 Å². The molecule has 1 fully saturated rings. The normalized spacial score (nSPS) is 20.5. The lowest BCUT2D eigenvalue weighted by Gasteiger charge is -2.15. The van der Waals surface area contributed by atoms with E-state index in [1.807, 2.05) is 18.2 Å². The maximum Gasteiger partial charge on any atom is 0.256 e. The van der Waals surface area contributed by atoms with Crippen LogP contribution in [0.2, 0.25) is 0 Å². The first kappa shape index (κ1) is 16.3. The van der Waals surface area contributed by atoms with Gasteiger partial charge in [0.25, 0.3) is 5.91 Å². The first-order valence-corrected chi connectivity index (χ1v) is 7.79. The van der Waals surface area contributed by atoms with Gasteiger partial charge < -0.3 is 25.1 Å². The molecule has 1 aliphatic rings. The molecule has 24 heavy (non-hydrogen) atoms. The molecule has 0 unspecified atom stereocenters. The topological polar surface area (TPSA) is 97.7 Å². The molecule has 1 aliphatic heterocycles. The van der Waals surface area contributed by atoms with E-state index in [2.05, 4.69) is 4.98 Å². The zero-order valence-corrected chi connectivity index (χ0v) is 13.7. The number of ether oxygens (including phenoxy) is 2. The second kappa shape index (κ2) is 6.52. The van der Waals surface area contributed by atoms with E-state index < -0.39 is 0 Å². The highest BCUT2D eigenvalue weighted by Crippen LogP contribution is 2.28. The van der Waals surface area contributed by atoms with Crippen molar-refractivity contribution in [1.29, 1.82) is 0 Å². The minimum atomic E-state index is -0.381. The number of fused-ring (bicyclic) bond motifs is 1. The number of hydrogen-bond acceptors (Lipinski definition) is 4. The fraction of sp³-hybridized carbons (Fsp3) is 0.412. The molecule has 1 aromatic carbocycles. The van der Waals surface area contributed by atoms with Gasteiger partial charge >= 0.3 is 0 Å². The van der Waals surface area contributed by atoms with Gasteiger partial charge in [-0.25, -0.2) is 0 Å². The van der Waals surface area contributed by atoms with E-state index in [4.69, 9.17) is 15.2 Å². The lowest BCUT2D eigenvalue weighted by Crippen LogP contribution is -2.29. The highest BCUT2D eigenvalue weighted by molar-refractivity contribution is 6.07. The number of H-pyrrole nitrogens is 1. The summed E-state index contributed by atoms with van der Waals surface area (Å²) in [6.45, 7) is 0.904. The van der Waals surface area contributed by atoms with Gasteiger partial charge in [0, 0.05) is 49.6 Å². The Morgan fingerprint density at radius 1 is 1.33 bits per heavy atom. The van der Waals surface area contributed by atoms with Gasteiger partial charge in [-0.3, -0.25) is 9.59 Å². The quantitative estimate of drug-likeness (QED) is 0.858. The third kappa shape index (κ3) is 2.94. The molecule has 3 N–H and O–H groups in total. The summed E-state index contributed by atoms with van der Waals surface area (Å²) >= 11 is 0. The molecule has 128 valence electrons. The molecule has 0 bridgehead atoms. The largest absolute Gasteiger partial charge is 0.497 e. The lowest BCUT2D eigenvalue weighted by molar-refractivity contribution is -0.119. The number of rotatable bonds is 5. The first-order valence-electron chi connectivity index (χ1n) is 7.79. The monoisotopic (exact) mass is 331 g/mol. The molecule has 7 heteroatoms. The summed E-state index contributed by atoms with van der Waals surface area (Å²) in [7, 11) is 3.18. The van der Waals surface area contributed by atoms with Crippen molar-refractivity contribution < 1.29 is 19.1 Å². The van der Waals surface area contributed by atoms with Crippen molar-refractivity contribution in [3.05, 3.63) is 30.0 Å². The Kier molecular flexibility index (Phi) is 4.44. The molecule has 2 aromatic rings. The number of primary amides is 1. The summed E-state index contributed by atoms with van der Waals surface area (Å²) in [6.07, 6.45) is 1.74. The predicted octanol–water partition coefficient (Wildman–Crippen LogP) is 1.14. The third-order valence-electron chi connectivity index (χ3n) is 4.55. The number of nitrogens with one attached hydrogen (secondary N) is 1. The summed E-state index contributed by atoms with van der Waals surface area (Å²) in [5.74, 6) is 0.145. The molecule has 0 saturated carbocycles. The molecule has 1 saturated heterocycles. The van der Waals surface area contributed by atoms with E-state index in [-0.39, 0.29) is 30.3 Å². The summed E-state index contributed by atoms with van der Waals surface area (Å²) in [6, 6.07) is 5.55. The second-order valence-electron chi connectivity index (χ2n) is 6.03. The number of likely N-dealkylation sites (tertiary alicyclic amines) is 1. The molecule has 7 nitrogen and oxygen atoms in total. The Morgan fingerprint density at radius 2 is 2.12 bits per heavy atom. The highest BCUT2D eigenvalue weighted by Gasteiger charge is 2.37. The zero-order chi connectivity index (χ0) is 17.3. The maximum atomic E-state index is 12.9. The van der Waals surface area contributed by atoms with Crippen LogP contribution in [-0.2, 0) is 9.53 Å². The fourth-order valence-electron chi connectivity index (χ4n) is 3.30. The molecule has 2 amide bonds. The number of benzene rings is 1. The van der Waals surface area contributed by atoms with Crippen LogP contribution in [0.4, 0.5) is 0 Å². The first-order chi connectivity index (χ1) is 11.5.